The van der Waals surface area contributed by atoms with Gasteiger partial charge in [0, 0.05) is 29.8 Å². The molecular weight excluding hydrogens is 424 g/mol. The van der Waals surface area contributed by atoms with Crippen molar-refractivity contribution >= 4 is 16.9 Å². The number of aryl methyl sites for hydroxylation is 1. The number of aromatic amines is 1. The highest BCUT2D eigenvalue weighted by Gasteiger charge is 2.47. The molecule has 2 aliphatic rings. The van der Waals surface area contributed by atoms with Crippen LogP contribution in [0.4, 0.5) is 0 Å². The molecular formula is C28H28N4O2. The van der Waals surface area contributed by atoms with Crippen LogP contribution in [0.25, 0.3) is 22.4 Å². The van der Waals surface area contributed by atoms with Gasteiger partial charge < -0.3 is 9.72 Å². The third-order valence-electron chi connectivity index (χ3n) is 7.22. The molecule has 172 valence electrons. The monoisotopic (exact) mass is 452 g/mol. The SMILES string of the molecule is COc1ccc2nc(-c3ccc(C(=O)N4C5CCN4C(Cc4ccccc4)C5)cc3C)[nH]c2c1. The van der Waals surface area contributed by atoms with E-state index < -0.39 is 0 Å². The number of amides is 1. The number of carbonyl (C=O) groups is 1. The van der Waals surface area contributed by atoms with Gasteiger partial charge in [0.25, 0.3) is 5.91 Å². The second kappa shape index (κ2) is 8.29. The van der Waals surface area contributed by atoms with Gasteiger partial charge in [-0.2, -0.15) is 0 Å². The van der Waals surface area contributed by atoms with Gasteiger partial charge in [-0.3, -0.25) is 9.80 Å². The summed E-state index contributed by atoms with van der Waals surface area (Å²) in [5.74, 6) is 1.69. The number of methoxy groups -OCH3 is 1. The molecule has 1 amide bonds. The molecule has 2 saturated heterocycles. The Labute approximate surface area is 199 Å². The van der Waals surface area contributed by atoms with Crippen molar-refractivity contribution in [1.29, 1.82) is 0 Å². The zero-order valence-electron chi connectivity index (χ0n) is 19.5. The molecule has 0 spiro atoms. The van der Waals surface area contributed by atoms with E-state index in [4.69, 9.17) is 9.72 Å². The number of H-pyrrole nitrogens is 1. The fraction of sp³-hybridized carbons (Fsp3) is 0.286. The van der Waals surface area contributed by atoms with E-state index in [2.05, 4.69) is 40.3 Å². The average molecular weight is 453 g/mol. The van der Waals surface area contributed by atoms with Gasteiger partial charge in [0.2, 0.25) is 0 Å². The van der Waals surface area contributed by atoms with Crippen LogP contribution in [0.2, 0.25) is 0 Å². The summed E-state index contributed by atoms with van der Waals surface area (Å²) in [6.07, 6.45) is 3.08. The van der Waals surface area contributed by atoms with Crippen molar-refractivity contribution in [3.63, 3.8) is 0 Å². The summed E-state index contributed by atoms with van der Waals surface area (Å²) in [5, 5.41) is 4.32. The fourth-order valence-electron chi connectivity index (χ4n) is 5.53. The van der Waals surface area contributed by atoms with Crippen LogP contribution >= 0.6 is 0 Å². The van der Waals surface area contributed by atoms with Gasteiger partial charge in [0.15, 0.2) is 0 Å². The Balaban J connectivity index is 1.24. The number of aromatic nitrogens is 2. The molecule has 1 N–H and O–H groups in total. The first-order valence-electron chi connectivity index (χ1n) is 11.9. The zero-order valence-corrected chi connectivity index (χ0v) is 19.5. The molecule has 3 heterocycles. The lowest BCUT2D eigenvalue weighted by Gasteiger charge is -2.28. The van der Waals surface area contributed by atoms with Gasteiger partial charge in [-0.25, -0.2) is 9.99 Å². The second-order valence-corrected chi connectivity index (χ2v) is 9.33. The summed E-state index contributed by atoms with van der Waals surface area (Å²) in [7, 11) is 1.66. The standard InChI is InChI=1S/C28H28N4O2/c1-18-14-20(8-10-24(18)27-29-25-11-9-23(34-2)17-26(25)30-27)28(33)32-21-12-13-31(32)22(16-21)15-19-6-4-3-5-7-19/h3-11,14,17,21-22H,12-13,15-16H2,1-2H3,(H,29,30). The topological polar surface area (TPSA) is 61.5 Å². The van der Waals surface area contributed by atoms with Crippen LogP contribution in [0.1, 0.15) is 34.3 Å². The first-order chi connectivity index (χ1) is 16.6. The number of hydrazine groups is 1. The number of rotatable bonds is 5. The maximum absolute atomic E-state index is 13.6. The molecule has 34 heavy (non-hydrogen) atoms. The first kappa shape index (κ1) is 20.9. The molecule has 0 saturated carbocycles. The number of carbonyl (C=O) groups excluding carboxylic acids is 1. The minimum atomic E-state index is 0.0991. The third-order valence-corrected chi connectivity index (χ3v) is 7.22. The van der Waals surface area contributed by atoms with Gasteiger partial charge in [-0.05, 0) is 61.6 Å². The molecule has 3 atom stereocenters. The van der Waals surface area contributed by atoms with E-state index >= 15 is 0 Å². The Morgan fingerprint density at radius 2 is 1.97 bits per heavy atom. The van der Waals surface area contributed by atoms with Gasteiger partial charge in [0.05, 0.1) is 24.2 Å². The number of piperidine rings is 1. The largest absolute Gasteiger partial charge is 0.497 e. The van der Waals surface area contributed by atoms with Crippen molar-refractivity contribution in [3.8, 4) is 17.1 Å². The molecule has 3 aromatic carbocycles. The molecule has 4 aromatic rings. The lowest BCUT2D eigenvalue weighted by Crippen LogP contribution is -2.42. The van der Waals surface area contributed by atoms with Crippen LogP contribution in [-0.2, 0) is 6.42 Å². The summed E-state index contributed by atoms with van der Waals surface area (Å²) in [5.41, 5.74) is 5.91. The maximum Gasteiger partial charge on any atom is 0.268 e. The number of hydrogen-bond acceptors (Lipinski definition) is 4. The van der Waals surface area contributed by atoms with Gasteiger partial charge >= 0.3 is 0 Å². The molecule has 6 rings (SSSR count). The van der Waals surface area contributed by atoms with Gasteiger partial charge in [-0.1, -0.05) is 36.4 Å². The lowest BCUT2D eigenvalue weighted by molar-refractivity contribution is 0.0197. The lowest BCUT2D eigenvalue weighted by atomic mass is 9.97. The van der Waals surface area contributed by atoms with Crippen LogP contribution < -0.4 is 4.74 Å². The maximum atomic E-state index is 13.6. The molecule has 0 radical (unpaired) electrons. The van der Waals surface area contributed by atoms with Crippen LogP contribution in [0.15, 0.2) is 66.7 Å². The predicted octanol–water partition coefficient (Wildman–Crippen LogP) is 4.99. The quantitative estimate of drug-likeness (QED) is 0.463. The highest BCUT2D eigenvalue weighted by Crippen LogP contribution is 2.37. The number of imidazole rings is 1. The summed E-state index contributed by atoms with van der Waals surface area (Å²) in [4.78, 5) is 21.7. The molecule has 2 aliphatic heterocycles. The van der Waals surface area contributed by atoms with Gasteiger partial charge in [0.1, 0.15) is 11.6 Å². The fourth-order valence-corrected chi connectivity index (χ4v) is 5.53. The van der Waals surface area contributed by atoms with E-state index in [0.29, 0.717) is 12.1 Å². The average Bonchev–Trinajstić information content (AvgIpc) is 3.56. The van der Waals surface area contributed by atoms with Crippen molar-refractivity contribution in [2.75, 3.05) is 13.7 Å². The Morgan fingerprint density at radius 1 is 1.12 bits per heavy atom. The number of fused-ring (bicyclic) bond motifs is 3. The van der Waals surface area contributed by atoms with E-state index in [9.17, 15) is 4.79 Å². The first-order valence-corrected chi connectivity index (χ1v) is 11.9. The highest BCUT2D eigenvalue weighted by atomic mass is 16.5. The second-order valence-electron chi connectivity index (χ2n) is 9.33. The van der Waals surface area contributed by atoms with E-state index in [0.717, 1.165) is 65.1 Å². The summed E-state index contributed by atoms with van der Waals surface area (Å²) in [6.45, 7) is 2.99. The van der Waals surface area contributed by atoms with E-state index in [1.54, 1.807) is 7.11 Å². The summed E-state index contributed by atoms with van der Waals surface area (Å²) in [6, 6.07) is 23.0. The Kier molecular flexibility index (Phi) is 5.11. The number of benzene rings is 3. The highest BCUT2D eigenvalue weighted by molar-refractivity contribution is 5.95. The Morgan fingerprint density at radius 3 is 2.76 bits per heavy atom. The van der Waals surface area contributed by atoms with Gasteiger partial charge in [-0.15, -0.1) is 0 Å². The van der Waals surface area contributed by atoms with Crippen molar-refractivity contribution in [3.05, 3.63) is 83.4 Å². The van der Waals surface area contributed by atoms with E-state index in [-0.39, 0.29) is 5.91 Å². The number of nitrogens with one attached hydrogen (secondary N) is 1. The Hall–Kier alpha value is -3.64. The normalized spacial score (nSPS) is 21.4. The van der Waals surface area contributed by atoms with Crippen molar-refractivity contribution < 1.29 is 9.53 Å². The van der Waals surface area contributed by atoms with Crippen molar-refractivity contribution in [2.24, 2.45) is 0 Å². The third kappa shape index (κ3) is 3.55. The molecule has 6 nitrogen and oxygen atoms in total. The summed E-state index contributed by atoms with van der Waals surface area (Å²) >= 11 is 0. The molecule has 2 bridgehead atoms. The molecule has 3 unspecified atom stereocenters. The smallest absolute Gasteiger partial charge is 0.268 e. The van der Waals surface area contributed by atoms with E-state index in [1.165, 1.54) is 5.56 Å². The predicted molar refractivity (Wildman–Crippen MR) is 133 cm³/mol. The van der Waals surface area contributed by atoms with E-state index in [1.807, 2.05) is 48.3 Å². The molecule has 2 fully saturated rings. The summed E-state index contributed by atoms with van der Waals surface area (Å²) < 4.78 is 5.32. The number of ether oxygens (including phenoxy) is 1. The zero-order chi connectivity index (χ0) is 23.2. The molecule has 0 aliphatic carbocycles. The molecule has 1 aromatic heterocycles. The minimum Gasteiger partial charge on any atom is -0.497 e. The van der Waals surface area contributed by atoms with Crippen molar-refractivity contribution in [2.45, 2.75) is 38.3 Å². The van der Waals surface area contributed by atoms with Crippen molar-refractivity contribution in [1.82, 2.24) is 20.0 Å². The van der Waals surface area contributed by atoms with Crippen LogP contribution in [-0.4, -0.2) is 51.6 Å². The number of hydrogen-bond donors (Lipinski definition) is 1. The Bertz CT molecular complexity index is 1360. The molecule has 6 heteroatoms. The van der Waals surface area contributed by atoms with Crippen LogP contribution in [0.5, 0.6) is 5.75 Å². The minimum absolute atomic E-state index is 0.0991. The van der Waals surface area contributed by atoms with Crippen LogP contribution in [0, 0.1) is 6.92 Å². The number of nitrogens with zero attached hydrogens (tertiary/aromatic N) is 3. The van der Waals surface area contributed by atoms with Crippen LogP contribution in [0.3, 0.4) is 0 Å².